The van der Waals surface area contributed by atoms with Crippen molar-refractivity contribution >= 4 is 16.7 Å². The Morgan fingerprint density at radius 3 is 2.57 bits per heavy atom. The van der Waals surface area contributed by atoms with Gasteiger partial charge in [0.05, 0.1) is 6.61 Å². The van der Waals surface area contributed by atoms with Crippen molar-refractivity contribution in [3.63, 3.8) is 0 Å². The van der Waals surface area contributed by atoms with E-state index >= 15 is 0 Å². The molecule has 0 amide bonds. The first-order valence-corrected chi connectivity index (χ1v) is 11.5. The fourth-order valence-electron chi connectivity index (χ4n) is 3.83. The molecule has 0 saturated carbocycles. The smallest absolute Gasteiger partial charge is 0.335 e. The molecule has 188 valence electrons. The van der Waals surface area contributed by atoms with Gasteiger partial charge in [0.2, 0.25) is 0 Å². The summed E-state index contributed by atoms with van der Waals surface area (Å²) in [5, 5.41) is 41.3. The van der Waals surface area contributed by atoms with Crippen molar-refractivity contribution in [3.8, 4) is 11.8 Å². The molecule has 8 heteroatoms. The standard InChI is InChI=1S/C27H33NO7/c1-27(2,17-34-26-23(31)21(29)22(30)24(35-26)25(32)33)14-7-4-8-15-28(3)16-19-12-9-11-18-10-5-6-13-20(18)19/h4-6,8-13,21-24,26,29-31H,15-17H2,1-3H3,(H,32,33)/b8-4+/t21-,22-,23+,24-,26+/m0/s1. The number of carbonyl (C=O) groups is 1. The van der Waals surface area contributed by atoms with Gasteiger partial charge in [0.25, 0.3) is 0 Å². The lowest BCUT2D eigenvalue weighted by Crippen LogP contribution is -2.60. The fourth-order valence-corrected chi connectivity index (χ4v) is 3.83. The predicted molar refractivity (Wildman–Crippen MR) is 131 cm³/mol. The van der Waals surface area contributed by atoms with E-state index in [4.69, 9.17) is 14.6 Å². The minimum absolute atomic E-state index is 0.0195. The van der Waals surface area contributed by atoms with Crippen LogP contribution >= 0.6 is 0 Å². The normalized spacial score (nSPS) is 25.1. The Morgan fingerprint density at radius 1 is 1.11 bits per heavy atom. The molecule has 0 bridgehead atoms. The van der Waals surface area contributed by atoms with Crippen molar-refractivity contribution in [1.82, 2.24) is 4.90 Å². The first-order chi connectivity index (χ1) is 16.6. The number of aliphatic hydroxyl groups is 3. The van der Waals surface area contributed by atoms with Crippen LogP contribution in [-0.4, -0.2) is 82.2 Å². The average Bonchev–Trinajstić information content (AvgIpc) is 2.82. The van der Waals surface area contributed by atoms with Crippen molar-refractivity contribution in [1.29, 1.82) is 0 Å². The third-order valence-corrected chi connectivity index (χ3v) is 5.77. The van der Waals surface area contributed by atoms with Gasteiger partial charge in [0.15, 0.2) is 12.4 Å². The minimum atomic E-state index is -1.75. The summed E-state index contributed by atoms with van der Waals surface area (Å²) in [6.07, 6.45) is -4.37. The van der Waals surface area contributed by atoms with E-state index in [0.717, 1.165) is 6.54 Å². The van der Waals surface area contributed by atoms with Crippen LogP contribution in [-0.2, 0) is 20.8 Å². The number of rotatable bonds is 8. The number of carboxylic acid groups (broad SMARTS) is 1. The zero-order valence-electron chi connectivity index (χ0n) is 20.2. The molecule has 8 nitrogen and oxygen atoms in total. The quantitative estimate of drug-likeness (QED) is 0.420. The van der Waals surface area contributed by atoms with Crippen LogP contribution in [0.5, 0.6) is 0 Å². The van der Waals surface area contributed by atoms with Crippen molar-refractivity contribution in [3.05, 3.63) is 60.2 Å². The maximum Gasteiger partial charge on any atom is 0.335 e. The second-order valence-corrected chi connectivity index (χ2v) is 9.44. The van der Waals surface area contributed by atoms with Crippen molar-refractivity contribution in [2.45, 2.75) is 51.1 Å². The molecule has 4 N–H and O–H groups in total. The van der Waals surface area contributed by atoms with E-state index in [2.05, 4.69) is 47.1 Å². The molecule has 0 aromatic heterocycles. The summed E-state index contributed by atoms with van der Waals surface area (Å²) in [6, 6.07) is 14.6. The summed E-state index contributed by atoms with van der Waals surface area (Å²) in [4.78, 5) is 13.4. The van der Waals surface area contributed by atoms with Gasteiger partial charge >= 0.3 is 5.97 Å². The Kier molecular flexibility index (Phi) is 9.03. The number of fused-ring (bicyclic) bond motifs is 1. The molecular formula is C27H33NO7. The van der Waals surface area contributed by atoms with Gasteiger partial charge in [-0.2, -0.15) is 0 Å². The van der Waals surface area contributed by atoms with E-state index in [9.17, 15) is 20.1 Å². The molecule has 35 heavy (non-hydrogen) atoms. The van der Waals surface area contributed by atoms with E-state index in [1.165, 1.54) is 16.3 Å². The largest absolute Gasteiger partial charge is 0.479 e. The molecule has 0 aliphatic carbocycles. The van der Waals surface area contributed by atoms with Crippen LogP contribution in [0.1, 0.15) is 19.4 Å². The number of ether oxygens (including phenoxy) is 2. The minimum Gasteiger partial charge on any atom is -0.479 e. The van der Waals surface area contributed by atoms with E-state index in [1.54, 1.807) is 6.08 Å². The zero-order valence-corrected chi connectivity index (χ0v) is 20.2. The lowest BCUT2D eigenvalue weighted by Gasteiger charge is -2.39. The highest BCUT2D eigenvalue weighted by atomic mass is 16.7. The number of benzene rings is 2. The number of likely N-dealkylation sites (N-methyl/N-ethyl adjacent to an activating group) is 1. The highest BCUT2D eigenvalue weighted by molar-refractivity contribution is 5.85. The fraction of sp³-hybridized carbons (Fsp3) is 0.444. The molecule has 0 unspecified atom stereocenters. The third kappa shape index (κ3) is 7.12. The summed E-state index contributed by atoms with van der Waals surface area (Å²) in [5.41, 5.74) is 0.625. The Morgan fingerprint density at radius 2 is 1.83 bits per heavy atom. The van der Waals surface area contributed by atoms with Crippen LogP contribution in [0.25, 0.3) is 10.8 Å². The predicted octanol–water partition coefficient (Wildman–Crippen LogP) is 1.77. The van der Waals surface area contributed by atoms with Crippen LogP contribution in [0, 0.1) is 17.3 Å². The van der Waals surface area contributed by atoms with Crippen LogP contribution in [0.4, 0.5) is 0 Å². The molecule has 0 radical (unpaired) electrons. The van der Waals surface area contributed by atoms with Crippen LogP contribution < -0.4 is 0 Å². The third-order valence-electron chi connectivity index (χ3n) is 5.77. The second kappa shape index (κ2) is 11.8. The highest BCUT2D eigenvalue weighted by Crippen LogP contribution is 2.25. The van der Waals surface area contributed by atoms with E-state index in [1.807, 2.05) is 39.1 Å². The van der Waals surface area contributed by atoms with Crippen molar-refractivity contribution in [2.75, 3.05) is 20.2 Å². The SMILES string of the molecule is CN(C/C=C/C#CC(C)(C)CO[C@@H]1O[C@H](C(=O)O)[C@@H](O)[C@H](O)[C@H]1O)Cc1cccc2ccccc12. The Labute approximate surface area is 205 Å². The Hall–Kier alpha value is -2.77. The number of aliphatic carboxylic acids is 1. The zero-order chi connectivity index (χ0) is 25.6. The summed E-state index contributed by atoms with van der Waals surface area (Å²) in [5.74, 6) is 4.61. The van der Waals surface area contributed by atoms with Crippen LogP contribution in [0.2, 0.25) is 0 Å². The molecule has 0 spiro atoms. The van der Waals surface area contributed by atoms with Crippen LogP contribution in [0.3, 0.4) is 0 Å². The maximum absolute atomic E-state index is 11.2. The first kappa shape index (κ1) is 26.8. The molecule has 1 saturated heterocycles. The molecule has 1 aliphatic heterocycles. The van der Waals surface area contributed by atoms with Gasteiger partial charge in [-0.05, 0) is 43.3 Å². The second-order valence-electron chi connectivity index (χ2n) is 9.44. The molecule has 2 aromatic rings. The topological polar surface area (TPSA) is 120 Å². The van der Waals surface area contributed by atoms with E-state index in [-0.39, 0.29) is 6.61 Å². The summed E-state index contributed by atoms with van der Waals surface area (Å²) in [7, 11) is 2.04. The molecule has 1 heterocycles. The molecule has 2 aromatic carbocycles. The lowest BCUT2D eigenvalue weighted by atomic mass is 9.95. The highest BCUT2D eigenvalue weighted by Gasteiger charge is 2.47. The number of aliphatic hydroxyl groups excluding tert-OH is 3. The number of hydrogen-bond acceptors (Lipinski definition) is 7. The summed E-state index contributed by atoms with van der Waals surface area (Å²) in [6.45, 7) is 5.20. The van der Waals surface area contributed by atoms with Crippen molar-refractivity contribution in [2.24, 2.45) is 5.41 Å². The average molecular weight is 484 g/mol. The molecule has 1 fully saturated rings. The first-order valence-electron chi connectivity index (χ1n) is 11.5. The van der Waals surface area contributed by atoms with Gasteiger partial charge in [0.1, 0.15) is 18.3 Å². The number of carboxylic acids is 1. The number of hydrogen-bond donors (Lipinski definition) is 4. The number of nitrogens with zero attached hydrogens (tertiary/aromatic N) is 1. The molecule has 1 aliphatic rings. The van der Waals surface area contributed by atoms with Gasteiger partial charge in [-0.1, -0.05) is 60.4 Å². The molecule has 5 atom stereocenters. The van der Waals surface area contributed by atoms with Gasteiger partial charge in [-0.3, -0.25) is 4.90 Å². The summed E-state index contributed by atoms with van der Waals surface area (Å²) < 4.78 is 10.6. The van der Waals surface area contributed by atoms with Crippen molar-refractivity contribution < 1.29 is 34.7 Å². The lowest BCUT2D eigenvalue weighted by molar-refractivity contribution is -0.297. The van der Waals surface area contributed by atoms with E-state index in [0.29, 0.717) is 6.54 Å². The van der Waals surface area contributed by atoms with Gasteiger partial charge < -0.3 is 29.9 Å². The molecular weight excluding hydrogens is 450 g/mol. The van der Waals surface area contributed by atoms with Gasteiger partial charge in [0, 0.05) is 18.5 Å². The van der Waals surface area contributed by atoms with Gasteiger partial charge in [-0.25, -0.2) is 4.79 Å². The Bertz CT molecular complexity index is 1100. The Balaban J connectivity index is 1.50. The molecule has 3 rings (SSSR count). The maximum atomic E-state index is 11.2. The monoisotopic (exact) mass is 483 g/mol. The van der Waals surface area contributed by atoms with E-state index < -0.39 is 42.1 Å². The van der Waals surface area contributed by atoms with Crippen LogP contribution in [0.15, 0.2) is 54.6 Å². The van der Waals surface area contributed by atoms with Gasteiger partial charge in [-0.15, -0.1) is 0 Å². The number of allylic oxidation sites excluding steroid dienone is 1. The summed E-state index contributed by atoms with van der Waals surface area (Å²) >= 11 is 0.